The predicted molar refractivity (Wildman–Crippen MR) is 126 cm³/mol. The first-order valence-corrected chi connectivity index (χ1v) is 10.3. The lowest BCUT2D eigenvalue weighted by Gasteiger charge is -2.10. The van der Waals surface area contributed by atoms with Crippen LogP contribution in [0.1, 0.15) is 5.56 Å². The highest BCUT2D eigenvalue weighted by molar-refractivity contribution is 6.06. The van der Waals surface area contributed by atoms with Crippen molar-refractivity contribution in [3.05, 3.63) is 90.6 Å². The number of nitrogens with one attached hydrogen (secondary N) is 1. The Balaban J connectivity index is 1.53. The van der Waals surface area contributed by atoms with Gasteiger partial charge in [0.05, 0.1) is 23.2 Å². The van der Waals surface area contributed by atoms with Gasteiger partial charge in [-0.25, -0.2) is 0 Å². The number of nitrogens with zero attached hydrogens (tertiary/aromatic N) is 2. The molecule has 5 aromatic rings. The second-order valence-corrected chi connectivity index (χ2v) is 7.45. The molecule has 0 saturated carbocycles. The highest BCUT2D eigenvalue weighted by Gasteiger charge is 2.16. The van der Waals surface area contributed by atoms with E-state index in [1.807, 2.05) is 79.0 Å². The van der Waals surface area contributed by atoms with Crippen LogP contribution in [0.15, 0.2) is 85.1 Å². The van der Waals surface area contributed by atoms with Crippen LogP contribution in [0.2, 0.25) is 0 Å². The van der Waals surface area contributed by atoms with Crippen LogP contribution in [0.5, 0.6) is 11.5 Å². The zero-order valence-corrected chi connectivity index (χ0v) is 17.6. The van der Waals surface area contributed by atoms with Gasteiger partial charge in [0, 0.05) is 24.4 Å². The molecule has 158 valence electrons. The average Bonchev–Trinajstić information content (AvgIpc) is 3.22. The summed E-state index contributed by atoms with van der Waals surface area (Å²) in [6.07, 6.45) is 1.85. The van der Waals surface area contributed by atoms with E-state index >= 15 is 0 Å². The number of hydrogen-bond donors (Lipinski definition) is 2. The van der Waals surface area contributed by atoms with Crippen molar-refractivity contribution in [3.63, 3.8) is 0 Å². The van der Waals surface area contributed by atoms with Crippen LogP contribution in [0, 0.1) is 0 Å². The van der Waals surface area contributed by atoms with Crippen molar-refractivity contribution < 1.29 is 9.47 Å². The summed E-state index contributed by atoms with van der Waals surface area (Å²) in [5.41, 5.74) is 11.8. The van der Waals surface area contributed by atoms with E-state index in [0.29, 0.717) is 12.4 Å². The van der Waals surface area contributed by atoms with Gasteiger partial charge in [0.2, 0.25) is 0 Å². The Morgan fingerprint density at radius 1 is 0.875 bits per heavy atom. The maximum absolute atomic E-state index is 6.26. The largest absolute Gasteiger partial charge is 0.457 e. The summed E-state index contributed by atoms with van der Waals surface area (Å²) in [5.74, 6) is 2.00. The molecule has 3 aromatic carbocycles. The number of H-pyrrole nitrogens is 1. The number of benzene rings is 3. The van der Waals surface area contributed by atoms with E-state index in [-0.39, 0.29) is 0 Å². The number of rotatable bonds is 6. The summed E-state index contributed by atoms with van der Waals surface area (Å²) >= 11 is 0. The van der Waals surface area contributed by atoms with E-state index in [9.17, 15) is 0 Å². The monoisotopic (exact) mass is 422 g/mol. The Morgan fingerprint density at radius 2 is 1.66 bits per heavy atom. The number of methoxy groups -OCH3 is 1. The minimum atomic E-state index is 0.441. The van der Waals surface area contributed by atoms with Gasteiger partial charge in [-0.05, 0) is 41.5 Å². The van der Waals surface area contributed by atoms with Crippen LogP contribution < -0.4 is 10.5 Å². The first-order valence-electron chi connectivity index (χ1n) is 10.3. The minimum absolute atomic E-state index is 0.441. The molecule has 0 unspecified atom stereocenters. The van der Waals surface area contributed by atoms with E-state index in [1.54, 1.807) is 7.11 Å². The van der Waals surface area contributed by atoms with Crippen molar-refractivity contribution in [3.8, 4) is 33.9 Å². The molecule has 0 saturated heterocycles. The number of nitrogens with two attached hydrogens (primary N) is 1. The van der Waals surface area contributed by atoms with Crippen LogP contribution in [-0.4, -0.2) is 22.3 Å². The lowest BCUT2D eigenvalue weighted by atomic mass is 10.00. The molecule has 2 heterocycles. The lowest BCUT2D eigenvalue weighted by Crippen LogP contribution is -1.93. The number of aromatic amines is 1. The summed E-state index contributed by atoms with van der Waals surface area (Å²) in [7, 11) is 1.68. The minimum Gasteiger partial charge on any atom is -0.457 e. The number of nitrogen functional groups attached to an aromatic ring is 1. The first-order chi connectivity index (χ1) is 15.7. The smallest absolute Gasteiger partial charge is 0.153 e. The van der Waals surface area contributed by atoms with Gasteiger partial charge < -0.3 is 15.2 Å². The Morgan fingerprint density at radius 3 is 2.44 bits per heavy atom. The van der Waals surface area contributed by atoms with Crippen LogP contribution in [0.3, 0.4) is 0 Å². The number of fused-ring (bicyclic) bond motifs is 1. The highest BCUT2D eigenvalue weighted by Crippen LogP contribution is 2.36. The zero-order valence-electron chi connectivity index (χ0n) is 17.6. The summed E-state index contributed by atoms with van der Waals surface area (Å²) in [4.78, 5) is 4.76. The van der Waals surface area contributed by atoms with Crippen LogP contribution in [-0.2, 0) is 11.3 Å². The van der Waals surface area contributed by atoms with Crippen molar-refractivity contribution >= 4 is 16.7 Å². The van der Waals surface area contributed by atoms with Gasteiger partial charge in [-0.15, -0.1) is 0 Å². The van der Waals surface area contributed by atoms with E-state index in [0.717, 1.165) is 50.3 Å². The van der Waals surface area contributed by atoms with Gasteiger partial charge >= 0.3 is 0 Å². The third-order valence-electron chi connectivity index (χ3n) is 5.28. The van der Waals surface area contributed by atoms with Crippen molar-refractivity contribution in [2.75, 3.05) is 12.8 Å². The molecule has 0 aliphatic heterocycles. The van der Waals surface area contributed by atoms with E-state index < -0.39 is 0 Å². The SMILES string of the molecule is COCc1cccc(-c2ncc(-c3ccc(Oc4ccccc4)cc3)c3c(N)n[nH]c23)c1. The third kappa shape index (κ3) is 3.79. The second kappa shape index (κ2) is 8.53. The Kier molecular flexibility index (Phi) is 5.27. The van der Waals surface area contributed by atoms with E-state index in [1.165, 1.54) is 0 Å². The normalized spacial score (nSPS) is 11.0. The molecule has 0 radical (unpaired) electrons. The summed E-state index contributed by atoms with van der Waals surface area (Å²) in [5, 5.41) is 8.18. The van der Waals surface area contributed by atoms with Crippen molar-refractivity contribution in [1.82, 2.24) is 15.2 Å². The third-order valence-corrected chi connectivity index (χ3v) is 5.28. The number of ether oxygens (including phenoxy) is 2. The fraction of sp³-hybridized carbons (Fsp3) is 0.0769. The molecular weight excluding hydrogens is 400 g/mol. The fourth-order valence-corrected chi connectivity index (χ4v) is 3.80. The summed E-state index contributed by atoms with van der Waals surface area (Å²) in [6, 6.07) is 25.7. The van der Waals surface area contributed by atoms with E-state index in [2.05, 4.69) is 16.3 Å². The molecule has 3 N–H and O–H groups in total. The molecule has 0 fully saturated rings. The van der Waals surface area contributed by atoms with Gasteiger partial charge in [-0.1, -0.05) is 48.5 Å². The van der Waals surface area contributed by atoms with Gasteiger partial charge in [-0.2, -0.15) is 5.10 Å². The molecule has 0 aliphatic carbocycles. The molecule has 0 bridgehead atoms. The molecule has 6 heteroatoms. The molecule has 0 amide bonds. The standard InChI is InChI=1S/C26H22N4O2/c1-31-16-17-6-5-7-19(14-17)24-25-23(26(27)30-29-25)22(15-28-24)18-10-12-21(13-11-18)32-20-8-3-2-4-9-20/h2-15H,16H2,1H3,(H3,27,29,30). The molecule has 6 nitrogen and oxygen atoms in total. The maximum atomic E-state index is 6.26. The van der Waals surface area contributed by atoms with Crippen LogP contribution in [0.25, 0.3) is 33.3 Å². The van der Waals surface area contributed by atoms with Crippen LogP contribution >= 0.6 is 0 Å². The average molecular weight is 422 g/mol. The van der Waals surface area contributed by atoms with Crippen LogP contribution in [0.4, 0.5) is 5.82 Å². The van der Waals surface area contributed by atoms with E-state index in [4.69, 9.17) is 20.2 Å². The lowest BCUT2D eigenvalue weighted by molar-refractivity contribution is 0.185. The molecule has 0 spiro atoms. The molecule has 32 heavy (non-hydrogen) atoms. The van der Waals surface area contributed by atoms with Gasteiger partial charge in [0.25, 0.3) is 0 Å². The summed E-state index contributed by atoms with van der Waals surface area (Å²) in [6.45, 7) is 0.539. The highest BCUT2D eigenvalue weighted by atomic mass is 16.5. The number of aromatic nitrogens is 3. The number of para-hydroxylation sites is 1. The molecule has 5 rings (SSSR count). The number of hydrogen-bond acceptors (Lipinski definition) is 5. The Hall–Kier alpha value is -4.16. The predicted octanol–water partition coefficient (Wildman–Crippen LogP) is 5.81. The maximum Gasteiger partial charge on any atom is 0.153 e. The molecule has 0 atom stereocenters. The van der Waals surface area contributed by atoms with Gasteiger partial charge in [0.15, 0.2) is 5.82 Å². The Bertz CT molecular complexity index is 1360. The second-order valence-electron chi connectivity index (χ2n) is 7.45. The van der Waals surface area contributed by atoms with Gasteiger partial charge in [-0.3, -0.25) is 10.1 Å². The zero-order chi connectivity index (χ0) is 21.9. The van der Waals surface area contributed by atoms with Crippen molar-refractivity contribution in [2.45, 2.75) is 6.61 Å². The quantitative estimate of drug-likeness (QED) is 0.360. The molecule has 0 aliphatic rings. The number of anilines is 1. The molecule has 2 aromatic heterocycles. The fourth-order valence-electron chi connectivity index (χ4n) is 3.80. The van der Waals surface area contributed by atoms with Crippen molar-refractivity contribution in [2.24, 2.45) is 0 Å². The number of pyridine rings is 1. The topological polar surface area (TPSA) is 86.1 Å². The van der Waals surface area contributed by atoms with Gasteiger partial charge in [0.1, 0.15) is 11.5 Å². The first kappa shape index (κ1) is 19.8. The van der Waals surface area contributed by atoms with Crippen molar-refractivity contribution in [1.29, 1.82) is 0 Å². The molecular formula is C26H22N4O2. The summed E-state index contributed by atoms with van der Waals surface area (Å²) < 4.78 is 11.2. The Labute approximate surface area is 185 Å².